The number of ketones is 1. The molecule has 4 aromatic rings. The largest absolute Gasteiger partial charge is 0.481 e. The summed E-state index contributed by atoms with van der Waals surface area (Å²) in [6.07, 6.45) is 5.36. The van der Waals surface area contributed by atoms with Gasteiger partial charge in [-0.15, -0.1) is 10.2 Å². The Morgan fingerprint density at radius 3 is 2.35 bits per heavy atom. The fourth-order valence-electron chi connectivity index (χ4n) is 4.02. The number of carboxylic acids is 1. The van der Waals surface area contributed by atoms with Crippen LogP contribution in [0.5, 0.6) is 0 Å². The Hall–Kier alpha value is -4.33. The van der Waals surface area contributed by atoms with Crippen LogP contribution in [0.3, 0.4) is 0 Å². The van der Waals surface area contributed by atoms with Crippen LogP contribution >= 0.6 is 0 Å². The fourth-order valence-corrected chi connectivity index (χ4v) is 4.02. The first kappa shape index (κ1) is 25.8. The van der Waals surface area contributed by atoms with Crippen molar-refractivity contribution in [1.82, 2.24) is 15.2 Å². The molecule has 0 aliphatic carbocycles. The number of unbranched alkanes of at least 4 members (excludes halogenated alkanes) is 1. The Labute approximate surface area is 215 Å². The number of aliphatic carboxylic acids is 1. The van der Waals surface area contributed by atoms with E-state index >= 15 is 0 Å². The minimum absolute atomic E-state index is 0.00116. The first-order chi connectivity index (χ1) is 18.0. The maximum atomic E-state index is 12.3. The van der Waals surface area contributed by atoms with Crippen molar-refractivity contribution in [2.75, 3.05) is 5.32 Å². The number of hydrogen-bond donors (Lipinski definition) is 2. The summed E-state index contributed by atoms with van der Waals surface area (Å²) >= 11 is 0. The van der Waals surface area contributed by atoms with Gasteiger partial charge in [0, 0.05) is 35.9 Å². The van der Waals surface area contributed by atoms with Crippen molar-refractivity contribution in [2.24, 2.45) is 0 Å². The lowest BCUT2D eigenvalue weighted by molar-refractivity contribution is -0.137. The second-order valence-electron chi connectivity index (χ2n) is 8.84. The molecule has 4 rings (SSSR count). The van der Waals surface area contributed by atoms with Crippen molar-refractivity contribution in [3.05, 3.63) is 84.1 Å². The molecule has 8 nitrogen and oxygen atoms in total. The summed E-state index contributed by atoms with van der Waals surface area (Å²) in [5.41, 5.74) is 4.11. The zero-order valence-electron chi connectivity index (χ0n) is 20.8. The molecule has 2 aromatic carbocycles. The maximum absolute atomic E-state index is 12.3. The van der Waals surface area contributed by atoms with Gasteiger partial charge in [0.2, 0.25) is 5.89 Å². The van der Waals surface area contributed by atoms with Gasteiger partial charge in [0.1, 0.15) is 5.69 Å². The Balaban J connectivity index is 1.43. The van der Waals surface area contributed by atoms with E-state index in [1.54, 1.807) is 18.3 Å². The summed E-state index contributed by atoms with van der Waals surface area (Å²) in [4.78, 5) is 27.2. The molecule has 0 unspecified atom stereocenters. The van der Waals surface area contributed by atoms with Gasteiger partial charge in [-0.2, -0.15) is 0 Å². The van der Waals surface area contributed by atoms with E-state index in [0.717, 1.165) is 36.1 Å². The third-order valence-electron chi connectivity index (χ3n) is 6.06. The van der Waals surface area contributed by atoms with Crippen molar-refractivity contribution in [3.63, 3.8) is 0 Å². The third kappa shape index (κ3) is 7.10. The summed E-state index contributed by atoms with van der Waals surface area (Å²) in [5, 5.41) is 20.6. The molecule has 2 heterocycles. The van der Waals surface area contributed by atoms with Gasteiger partial charge in [0.05, 0.1) is 6.04 Å². The van der Waals surface area contributed by atoms with Crippen LogP contribution in [-0.4, -0.2) is 32.0 Å². The lowest BCUT2D eigenvalue weighted by atomic mass is 9.99. The van der Waals surface area contributed by atoms with Gasteiger partial charge in [-0.05, 0) is 66.9 Å². The molecule has 0 aliphatic heterocycles. The molecule has 1 atom stereocenters. The van der Waals surface area contributed by atoms with Crippen molar-refractivity contribution in [1.29, 1.82) is 0 Å². The number of carbonyl (C=O) groups is 2. The number of rotatable bonds is 13. The van der Waals surface area contributed by atoms with Crippen LogP contribution in [0.1, 0.15) is 67.4 Å². The molecule has 2 N–H and O–H groups in total. The summed E-state index contributed by atoms with van der Waals surface area (Å²) < 4.78 is 5.83. The van der Waals surface area contributed by atoms with Gasteiger partial charge in [0.15, 0.2) is 5.78 Å². The molecule has 0 amide bonds. The first-order valence-corrected chi connectivity index (χ1v) is 12.5. The van der Waals surface area contributed by atoms with Crippen LogP contribution in [0.4, 0.5) is 5.69 Å². The predicted octanol–water partition coefficient (Wildman–Crippen LogP) is 6.58. The van der Waals surface area contributed by atoms with Crippen LogP contribution < -0.4 is 5.32 Å². The molecule has 0 fully saturated rings. The highest BCUT2D eigenvalue weighted by Gasteiger charge is 2.15. The van der Waals surface area contributed by atoms with E-state index in [2.05, 4.69) is 39.6 Å². The summed E-state index contributed by atoms with van der Waals surface area (Å²) in [6.45, 7) is 2.17. The Bertz CT molecular complexity index is 1300. The number of anilines is 1. The second kappa shape index (κ2) is 12.6. The third-order valence-corrected chi connectivity index (χ3v) is 6.06. The molecule has 0 bridgehead atoms. The molecule has 190 valence electrons. The van der Waals surface area contributed by atoms with Crippen LogP contribution in [0.2, 0.25) is 0 Å². The van der Waals surface area contributed by atoms with Crippen LogP contribution in [0.25, 0.3) is 23.0 Å². The van der Waals surface area contributed by atoms with Crippen molar-refractivity contribution >= 4 is 17.4 Å². The van der Waals surface area contributed by atoms with Gasteiger partial charge >= 0.3 is 5.97 Å². The second-order valence-corrected chi connectivity index (χ2v) is 8.84. The van der Waals surface area contributed by atoms with Crippen molar-refractivity contribution < 1.29 is 19.1 Å². The number of hydrogen-bond acceptors (Lipinski definition) is 7. The van der Waals surface area contributed by atoms with Crippen LogP contribution in [-0.2, 0) is 4.79 Å². The maximum Gasteiger partial charge on any atom is 0.303 e. The van der Waals surface area contributed by atoms with E-state index in [4.69, 9.17) is 9.52 Å². The molecule has 0 saturated heterocycles. The molecular formula is C29H30N4O4. The summed E-state index contributed by atoms with van der Waals surface area (Å²) in [6, 6.07) is 21.1. The number of Topliss-reactive ketones (excluding diaryl/α,β-unsaturated/α-hetero) is 1. The molecule has 37 heavy (non-hydrogen) atoms. The predicted molar refractivity (Wildman–Crippen MR) is 141 cm³/mol. The van der Waals surface area contributed by atoms with E-state index in [1.165, 1.54) is 0 Å². The lowest BCUT2D eigenvalue weighted by Gasteiger charge is -2.21. The number of benzene rings is 2. The van der Waals surface area contributed by atoms with Gasteiger partial charge < -0.3 is 14.8 Å². The van der Waals surface area contributed by atoms with E-state index in [0.29, 0.717) is 29.5 Å². The monoisotopic (exact) mass is 498 g/mol. The van der Waals surface area contributed by atoms with Crippen LogP contribution in [0, 0.1) is 0 Å². The zero-order valence-corrected chi connectivity index (χ0v) is 20.8. The standard InChI is InChI=1S/C29H30N4O4/c1-2-3-7-24(31-23-17-15-21(16-18-23)26(34)9-6-10-27(35)36)20-11-13-22(14-12-20)28-32-33-29(37-28)25-8-4-5-19-30-25/h4-5,8,11-19,24,31H,2-3,6-7,9-10H2,1H3,(H,35,36)/t24-/m1/s1. The number of pyridine rings is 1. The molecule has 0 spiro atoms. The normalized spacial score (nSPS) is 11.7. The highest BCUT2D eigenvalue weighted by atomic mass is 16.4. The van der Waals surface area contributed by atoms with Gasteiger partial charge in [-0.25, -0.2) is 0 Å². The van der Waals surface area contributed by atoms with E-state index < -0.39 is 5.97 Å². The number of carboxylic acid groups (broad SMARTS) is 1. The van der Waals surface area contributed by atoms with E-state index in [-0.39, 0.29) is 24.7 Å². The molecule has 2 aromatic heterocycles. The summed E-state index contributed by atoms with van der Waals surface area (Å²) in [5.74, 6) is -0.108. The van der Waals surface area contributed by atoms with Gasteiger partial charge in [-0.1, -0.05) is 38.0 Å². The minimum atomic E-state index is -0.884. The lowest BCUT2D eigenvalue weighted by Crippen LogP contribution is -2.11. The highest BCUT2D eigenvalue weighted by Crippen LogP contribution is 2.28. The SMILES string of the molecule is CCCC[C@@H](Nc1ccc(C(=O)CCCC(=O)O)cc1)c1ccc(-c2nnc(-c3ccccn3)o2)cc1. The molecule has 0 saturated carbocycles. The first-order valence-electron chi connectivity index (χ1n) is 12.5. The molecule has 0 aliphatic rings. The van der Waals surface area contributed by atoms with Crippen molar-refractivity contribution in [3.8, 4) is 23.0 Å². The van der Waals surface area contributed by atoms with Gasteiger partial charge in [-0.3, -0.25) is 14.6 Å². The molecular weight excluding hydrogens is 468 g/mol. The average molecular weight is 499 g/mol. The average Bonchev–Trinajstić information content (AvgIpc) is 3.42. The minimum Gasteiger partial charge on any atom is -0.481 e. The van der Waals surface area contributed by atoms with E-state index in [9.17, 15) is 9.59 Å². The quantitative estimate of drug-likeness (QED) is 0.198. The number of aromatic nitrogens is 3. The molecule has 8 heteroatoms. The van der Waals surface area contributed by atoms with Crippen molar-refractivity contribution in [2.45, 2.75) is 51.5 Å². The van der Waals surface area contributed by atoms with E-state index in [1.807, 2.05) is 42.5 Å². The summed E-state index contributed by atoms with van der Waals surface area (Å²) in [7, 11) is 0. The fraction of sp³-hybridized carbons (Fsp3) is 0.276. The zero-order chi connectivity index (χ0) is 26.0. The van der Waals surface area contributed by atoms with Gasteiger partial charge in [0.25, 0.3) is 5.89 Å². The highest BCUT2D eigenvalue weighted by molar-refractivity contribution is 5.96. The Morgan fingerprint density at radius 2 is 1.68 bits per heavy atom. The number of carbonyl (C=O) groups excluding carboxylic acids is 1. The van der Waals surface area contributed by atoms with Crippen LogP contribution in [0.15, 0.2) is 77.3 Å². The molecule has 0 radical (unpaired) electrons. The Morgan fingerprint density at radius 1 is 0.919 bits per heavy atom. The number of nitrogens with zero attached hydrogens (tertiary/aromatic N) is 3. The number of nitrogens with one attached hydrogen (secondary N) is 1. The topological polar surface area (TPSA) is 118 Å². The Kier molecular flexibility index (Phi) is 8.75. The smallest absolute Gasteiger partial charge is 0.303 e.